The molecule has 0 unspecified atom stereocenters. The molecular weight excluding hydrogens is 446 g/mol. The number of hydrogen-bond donors (Lipinski definition) is 3. The predicted molar refractivity (Wildman–Crippen MR) is 124 cm³/mol. The second-order valence-corrected chi connectivity index (χ2v) is 8.21. The maximum atomic E-state index is 13.3. The molecule has 33 heavy (non-hydrogen) atoms. The highest BCUT2D eigenvalue weighted by Gasteiger charge is 2.42. The summed E-state index contributed by atoms with van der Waals surface area (Å²) in [5.74, 6) is 0.942. The molecule has 1 atom stereocenters. The third-order valence-corrected chi connectivity index (χ3v) is 6.16. The predicted octanol–water partition coefficient (Wildman–Crippen LogP) is 4.08. The van der Waals surface area contributed by atoms with Gasteiger partial charge in [-0.25, -0.2) is 0 Å². The van der Waals surface area contributed by atoms with Gasteiger partial charge in [-0.3, -0.25) is 9.89 Å². The lowest BCUT2D eigenvalue weighted by Crippen LogP contribution is -2.31. The zero-order valence-corrected chi connectivity index (χ0v) is 19.4. The van der Waals surface area contributed by atoms with Crippen molar-refractivity contribution in [1.29, 1.82) is 0 Å². The van der Waals surface area contributed by atoms with Gasteiger partial charge in [-0.15, -0.1) is 0 Å². The first-order valence-corrected chi connectivity index (χ1v) is 11.1. The van der Waals surface area contributed by atoms with Crippen LogP contribution in [0.15, 0.2) is 30.3 Å². The summed E-state index contributed by atoms with van der Waals surface area (Å²) in [6.45, 7) is 4.48. The number of aromatic amines is 1. The number of benzene rings is 2. The molecule has 0 fully saturated rings. The lowest BCUT2D eigenvalue weighted by Gasteiger charge is -2.27. The van der Waals surface area contributed by atoms with Crippen LogP contribution in [-0.2, 0) is 0 Å². The van der Waals surface area contributed by atoms with Gasteiger partial charge in [0.1, 0.15) is 17.1 Å². The fraction of sp³-hybridized carbons (Fsp3) is 0.333. The van der Waals surface area contributed by atoms with Crippen LogP contribution < -0.4 is 9.47 Å². The van der Waals surface area contributed by atoms with Gasteiger partial charge in [-0.1, -0.05) is 17.7 Å². The number of halogens is 1. The van der Waals surface area contributed by atoms with Crippen LogP contribution in [0.3, 0.4) is 0 Å². The maximum absolute atomic E-state index is 13.3. The Hall–Kier alpha value is -3.23. The number of hydrogen-bond acceptors (Lipinski definition) is 6. The Morgan fingerprint density at radius 2 is 2.03 bits per heavy atom. The van der Waals surface area contributed by atoms with Gasteiger partial charge in [-0.05, 0) is 55.7 Å². The normalized spacial score (nSPS) is 15.1. The molecule has 1 aromatic heterocycles. The number of aromatic nitrogens is 2. The lowest BCUT2D eigenvalue weighted by atomic mass is 9.95. The van der Waals surface area contributed by atoms with Crippen LogP contribution in [0.4, 0.5) is 0 Å². The standard InChI is InChI=1S/C24H26ClN3O5/c1-4-33-18-7-6-14(11-19(18)32-3)23-20-21(15-12-16(25)13(2)10-17(15)30)26-27-22(20)24(31)28(23)8-5-9-29/h6-7,10-12,23,29-30H,4-5,8-9H2,1-3H3,(H,26,27)/t23-/m1/s1. The number of phenols is 1. The molecule has 2 heterocycles. The van der Waals surface area contributed by atoms with Crippen molar-refractivity contribution in [2.45, 2.75) is 26.3 Å². The molecule has 4 rings (SSSR count). The second kappa shape index (κ2) is 9.33. The number of carbonyl (C=O) groups excluding carboxylic acids is 1. The van der Waals surface area contributed by atoms with Crippen LogP contribution >= 0.6 is 11.6 Å². The fourth-order valence-electron chi connectivity index (χ4n) is 4.21. The van der Waals surface area contributed by atoms with Gasteiger partial charge in [0.2, 0.25) is 0 Å². The molecule has 0 saturated heterocycles. The van der Waals surface area contributed by atoms with Crippen molar-refractivity contribution in [1.82, 2.24) is 15.1 Å². The van der Waals surface area contributed by atoms with Gasteiger partial charge < -0.3 is 24.6 Å². The molecule has 0 saturated carbocycles. The van der Waals surface area contributed by atoms with Crippen molar-refractivity contribution in [3.8, 4) is 28.5 Å². The van der Waals surface area contributed by atoms with Crippen LogP contribution in [0.1, 0.15) is 46.6 Å². The molecule has 2 aromatic carbocycles. The Kier molecular flexibility index (Phi) is 6.49. The molecule has 9 heteroatoms. The van der Waals surface area contributed by atoms with Crippen molar-refractivity contribution < 1.29 is 24.5 Å². The van der Waals surface area contributed by atoms with Gasteiger partial charge in [0.15, 0.2) is 11.5 Å². The minimum absolute atomic E-state index is 0.0236. The summed E-state index contributed by atoms with van der Waals surface area (Å²) in [7, 11) is 1.56. The summed E-state index contributed by atoms with van der Waals surface area (Å²) in [5.41, 5.74) is 3.39. The summed E-state index contributed by atoms with van der Waals surface area (Å²) in [6.07, 6.45) is 0.422. The van der Waals surface area contributed by atoms with Crippen molar-refractivity contribution >= 4 is 17.5 Å². The lowest BCUT2D eigenvalue weighted by molar-refractivity contribution is 0.0732. The van der Waals surface area contributed by atoms with Gasteiger partial charge in [0.25, 0.3) is 5.91 Å². The number of nitrogens with zero attached hydrogens (tertiary/aromatic N) is 2. The molecule has 174 valence electrons. The quantitative estimate of drug-likeness (QED) is 0.457. The van der Waals surface area contributed by atoms with E-state index in [9.17, 15) is 15.0 Å². The average molecular weight is 472 g/mol. The smallest absolute Gasteiger partial charge is 0.273 e. The van der Waals surface area contributed by atoms with Crippen LogP contribution in [0.5, 0.6) is 17.2 Å². The van der Waals surface area contributed by atoms with E-state index in [0.29, 0.717) is 58.6 Å². The van der Waals surface area contributed by atoms with E-state index in [0.717, 1.165) is 11.1 Å². The maximum Gasteiger partial charge on any atom is 0.273 e. The molecule has 3 N–H and O–H groups in total. The van der Waals surface area contributed by atoms with Crippen LogP contribution in [0.25, 0.3) is 11.3 Å². The fourth-order valence-corrected chi connectivity index (χ4v) is 4.37. The highest BCUT2D eigenvalue weighted by molar-refractivity contribution is 6.31. The number of fused-ring (bicyclic) bond motifs is 1. The number of nitrogens with one attached hydrogen (secondary N) is 1. The van der Waals surface area contributed by atoms with E-state index in [1.165, 1.54) is 0 Å². The highest BCUT2D eigenvalue weighted by Crippen LogP contribution is 2.46. The number of aliphatic hydroxyl groups excluding tert-OH is 1. The number of aliphatic hydroxyl groups is 1. The Morgan fingerprint density at radius 1 is 1.24 bits per heavy atom. The topological polar surface area (TPSA) is 108 Å². The minimum Gasteiger partial charge on any atom is -0.507 e. The molecule has 3 aromatic rings. The van der Waals surface area contributed by atoms with E-state index in [-0.39, 0.29) is 18.3 Å². The van der Waals surface area contributed by atoms with E-state index in [1.807, 2.05) is 25.1 Å². The number of carbonyl (C=O) groups is 1. The number of amides is 1. The summed E-state index contributed by atoms with van der Waals surface area (Å²) < 4.78 is 11.2. The number of aromatic hydroxyl groups is 1. The SMILES string of the molecule is CCOc1ccc([C@@H]2c3c(-c4cc(Cl)c(C)cc4O)n[nH]c3C(=O)N2CCCO)cc1OC. The number of ether oxygens (including phenoxy) is 2. The van der Waals surface area contributed by atoms with Crippen LogP contribution in [-0.4, -0.2) is 58.1 Å². The zero-order valence-electron chi connectivity index (χ0n) is 18.7. The first-order valence-electron chi connectivity index (χ1n) is 10.7. The Labute approximate surface area is 196 Å². The number of aryl methyl sites for hydroxylation is 1. The van der Waals surface area contributed by atoms with Crippen molar-refractivity contribution in [2.75, 3.05) is 26.9 Å². The van der Waals surface area contributed by atoms with Gasteiger partial charge in [0.05, 0.1) is 19.8 Å². The Morgan fingerprint density at radius 3 is 2.73 bits per heavy atom. The molecule has 8 nitrogen and oxygen atoms in total. The second-order valence-electron chi connectivity index (χ2n) is 7.80. The monoisotopic (exact) mass is 471 g/mol. The van der Waals surface area contributed by atoms with Crippen LogP contribution in [0.2, 0.25) is 5.02 Å². The molecule has 0 radical (unpaired) electrons. The van der Waals surface area contributed by atoms with Gasteiger partial charge >= 0.3 is 0 Å². The molecular formula is C24H26ClN3O5. The van der Waals surface area contributed by atoms with E-state index in [4.69, 9.17) is 21.1 Å². The van der Waals surface area contributed by atoms with E-state index in [2.05, 4.69) is 10.2 Å². The van der Waals surface area contributed by atoms with Gasteiger partial charge in [0, 0.05) is 29.3 Å². The third kappa shape index (κ3) is 4.00. The summed E-state index contributed by atoms with van der Waals surface area (Å²) >= 11 is 6.33. The van der Waals surface area contributed by atoms with Crippen molar-refractivity contribution in [3.63, 3.8) is 0 Å². The van der Waals surface area contributed by atoms with E-state index >= 15 is 0 Å². The highest BCUT2D eigenvalue weighted by atomic mass is 35.5. The number of H-pyrrole nitrogens is 1. The molecule has 1 amide bonds. The number of phenolic OH excluding ortho intramolecular Hbond substituents is 1. The Balaban J connectivity index is 1.89. The molecule has 1 aliphatic rings. The summed E-state index contributed by atoms with van der Waals surface area (Å²) in [6, 6.07) is 8.25. The summed E-state index contributed by atoms with van der Waals surface area (Å²) in [5, 5.41) is 27.8. The molecule has 0 bridgehead atoms. The van der Waals surface area contributed by atoms with Gasteiger partial charge in [-0.2, -0.15) is 5.10 Å². The van der Waals surface area contributed by atoms with E-state index in [1.54, 1.807) is 31.1 Å². The van der Waals surface area contributed by atoms with Crippen LogP contribution in [0, 0.1) is 6.92 Å². The molecule has 0 spiro atoms. The first kappa shape index (κ1) is 22.9. The first-order chi connectivity index (χ1) is 15.9. The van der Waals surface area contributed by atoms with E-state index < -0.39 is 6.04 Å². The Bertz CT molecular complexity index is 1190. The molecule has 1 aliphatic heterocycles. The zero-order chi connectivity index (χ0) is 23.7. The van der Waals surface area contributed by atoms with Crippen molar-refractivity contribution in [3.05, 3.63) is 57.7 Å². The number of methoxy groups -OCH3 is 1. The van der Waals surface area contributed by atoms with Crippen molar-refractivity contribution in [2.24, 2.45) is 0 Å². The largest absolute Gasteiger partial charge is 0.507 e. The summed E-state index contributed by atoms with van der Waals surface area (Å²) in [4.78, 5) is 15.0. The minimum atomic E-state index is -0.503. The number of rotatable bonds is 8. The molecule has 0 aliphatic carbocycles. The third-order valence-electron chi connectivity index (χ3n) is 5.76. The average Bonchev–Trinajstić information content (AvgIpc) is 3.34.